The summed E-state index contributed by atoms with van der Waals surface area (Å²) < 4.78 is 5.42. The molecule has 0 bridgehead atoms. The lowest BCUT2D eigenvalue weighted by Crippen LogP contribution is -2.36. The van der Waals surface area contributed by atoms with Crippen molar-refractivity contribution >= 4 is 5.91 Å². The number of hydrogen-bond acceptors (Lipinski definition) is 3. The molecule has 0 unspecified atom stereocenters. The molecule has 0 aliphatic heterocycles. The highest BCUT2D eigenvalue weighted by Gasteiger charge is 2.17. The maximum atomic E-state index is 11.7. The highest BCUT2D eigenvalue weighted by molar-refractivity contribution is 5.77. The topological polar surface area (TPSA) is 41.6 Å². The van der Waals surface area contributed by atoms with E-state index in [4.69, 9.17) is 4.74 Å². The van der Waals surface area contributed by atoms with Crippen molar-refractivity contribution in [3.63, 3.8) is 0 Å². The summed E-state index contributed by atoms with van der Waals surface area (Å²) in [6.45, 7) is 1.85. The van der Waals surface area contributed by atoms with E-state index in [2.05, 4.69) is 17.3 Å². The third kappa shape index (κ3) is 6.06. The summed E-state index contributed by atoms with van der Waals surface area (Å²) in [5, 5.41) is 2.92. The second-order valence-electron chi connectivity index (χ2n) is 6.08. The molecule has 0 aromatic heterocycles. The Morgan fingerprint density at radius 2 is 1.95 bits per heavy atom. The molecule has 0 heterocycles. The normalized spacial score (nSPS) is 15.7. The molecule has 122 valence electrons. The molecular weight excluding hydrogens is 276 g/mol. The fourth-order valence-electron chi connectivity index (χ4n) is 2.98. The first-order valence-corrected chi connectivity index (χ1v) is 8.40. The zero-order chi connectivity index (χ0) is 15.6. The minimum atomic E-state index is -0.0517. The van der Waals surface area contributed by atoms with Gasteiger partial charge in [-0.1, -0.05) is 37.5 Å². The van der Waals surface area contributed by atoms with Crippen molar-refractivity contribution in [2.45, 2.75) is 44.6 Å². The molecular formula is C18H28N2O2. The number of benzene rings is 1. The average molecular weight is 304 g/mol. The molecule has 1 saturated carbocycles. The Hall–Kier alpha value is -1.55. The minimum absolute atomic E-state index is 0.0517. The number of rotatable bonds is 8. The van der Waals surface area contributed by atoms with Crippen LogP contribution in [0, 0.1) is 0 Å². The van der Waals surface area contributed by atoms with Crippen molar-refractivity contribution in [3.05, 3.63) is 30.3 Å². The summed E-state index contributed by atoms with van der Waals surface area (Å²) in [6.07, 6.45) is 7.76. The van der Waals surface area contributed by atoms with Gasteiger partial charge in [-0.15, -0.1) is 0 Å². The van der Waals surface area contributed by atoms with Gasteiger partial charge in [0.05, 0.1) is 0 Å². The third-order valence-corrected chi connectivity index (χ3v) is 4.32. The number of hydrogen-bond donors (Lipinski definition) is 1. The number of nitrogens with one attached hydrogen (secondary N) is 1. The van der Waals surface area contributed by atoms with Crippen molar-refractivity contribution in [2.24, 2.45) is 0 Å². The average Bonchev–Trinajstić information content (AvgIpc) is 2.58. The molecule has 0 radical (unpaired) electrons. The first-order chi connectivity index (χ1) is 10.8. The van der Waals surface area contributed by atoms with Gasteiger partial charge < -0.3 is 15.0 Å². The van der Waals surface area contributed by atoms with Crippen LogP contribution in [0.15, 0.2) is 30.3 Å². The van der Waals surface area contributed by atoms with Gasteiger partial charge in [-0.05, 0) is 45.0 Å². The van der Waals surface area contributed by atoms with Gasteiger partial charge in [0.15, 0.2) is 6.61 Å². The van der Waals surface area contributed by atoms with Crippen LogP contribution in [-0.2, 0) is 4.79 Å². The molecule has 1 aromatic rings. The van der Waals surface area contributed by atoms with E-state index in [9.17, 15) is 4.79 Å². The van der Waals surface area contributed by atoms with Gasteiger partial charge >= 0.3 is 0 Å². The largest absolute Gasteiger partial charge is 0.484 e. The van der Waals surface area contributed by atoms with Crippen molar-refractivity contribution in [1.82, 2.24) is 10.2 Å². The molecule has 1 aliphatic rings. The number of ether oxygens (including phenoxy) is 1. The number of carbonyl (C=O) groups is 1. The molecule has 4 heteroatoms. The molecule has 22 heavy (non-hydrogen) atoms. The lowest BCUT2D eigenvalue weighted by Gasteiger charge is -2.31. The van der Waals surface area contributed by atoms with Crippen molar-refractivity contribution in [2.75, 3.05) is 26.7 Å². The maximum Gasteiger partial charge on any atom is 0.257 e. The Kier molecular flexibility index (Phi) is 7.23. The minimum Gasteiger partial charge on any atom is -0.484 e. The number of amides is 1. The molecule has 1 fully saturated rings. The van der Waals surface area contributed by atoms with E-state index in [1.807, 2.05) is 30.3 Å². The van der Waals surface area contributed by atoms with E-state index in [0.29, 0.717) is 6.54 Å². The van der Waals surface area contributed by atoms with Crippen LogP contribution in [0.1, 0.15) is 38.5 Å². The van der Waals surface area contributed by atoms with Gasteiger partial charge in [0.2, 0.25) is 0 Å². The molecule has 1 N–H and O–H groups in total. The van der Waals surface area contributed by atoms with Crippen molar-refractivity contribution in [3.8, 4) is 5.75 Å². The van der Waals surface area contributed by atoms with Gasteiger partial charge in [-0.2, -0.15) is 0 Å². The van der Waals surface area contributed by atoms with Gasteiger partial charge in [0.1, 0.15) is 5.75 Å². The summed E-state index contributed by atoms with van der Waals surface area (Å²) in [5.74, 6) is 0.679. The Bertz CT molecular complexity index is 430. The van der Waals surface area contributed by atoms with Crippen LogP contribution in [-0.4, -0.2) is 43.6 Å². The van der Waals surface area contributed by atoms with Crippen LogP contribution in [0.5, 0.6) is 5.75 Å². The Morgan fingerprint density at radius 1 is 1.23 bits per heavy atom. The van der Waals surface area contributed by atoms with Gasteiger partial charge in [0, 0.05) is 12.6 Å². The van der Waals surface area contributed by atoms with Crippen LogP contribution in [0.3, 0.4) is 0 Å². The Balaban J connectivity index is 1.53. The molecule has 0 saturated heterocycles. The van der Waals surface area contributed by atoms with Crippen LogP contribution < -0.4 is 10.1 Å². The summed E-state index contributed by atoms with van der Waals surface area (Å²) in [6, 6.07) is 10.2. The summed E-state index contributed by atoms with van der Waals surface area (Å²) in [5.41, 5.74) is 0. The highest BCUT2D eigenvalue weighted by Crippen LogP contribution is 2.21. The molecule has 0 atom stereocenters. The quantitative estimate of drug-likeness (QED) is 0.751. The maximum absolute atomic E-state index is 11.7. The van der Waals surface area contributed by atoms with E-state index in [1.54, 1.807) is 0 Å². The first kappa shape index (κ1) is 16.8. The standard InChI is InChI=1S/C18H28N2O2/c1-20(16-9-4-2-5-10-16)14-8-13-19-18(21)15-22-17-11-6-3-7-12-17/h3,6-7,11-12,16H,2,4-5,8-10,13-15H2,1H3,(H,19,21). The number of nitrogens with zero attached hydrogens (tertiary/aromatic N) is 1. The molecule has 2 rings (SSSR count). The molecule has 1 aliphatic carbocycles. The van der Waals surface area contributed by atoms with Crippen LogP contribution in [0.25, 0.3) is 0 Å². The summed E-state index contributed by atoms with van der Waals surface area (Å²) in [7, 11) is 2.20. The SMILES string of the molecule is CN(CCCNC(=O)COc1ccccc1)C1CCCCC1. The molecule has 0 spiro atoms. The second kappa shape index (κ2) is 9.46. The fraction of sp³-hybridized carbons (Fsp3) is 0.611. The highest BCUT2D eigenvalue weighted by atomic mass is 16.5. The van der Waals surface area contributed by atoms with E-state index in [-0.39, 0.29) is 12.5 Å². The number of carbonyl (C=O) groups excluding carboxylic acids is 1. The van der Waals surface area contributed by atoms with Crippen LogP contribution in [0.2, 0.25) is 0 Å². The van der Waals surface area contributed by atoms with E-state index in [1.165, 1.54) is 32.1 Å². The number of para-hydroxylation sites is 1. The van der Waals surface area contributed by atoms with E-state index >= 15 is 0 Å². The molecule has 4 nitrogen and oxygen atoms in total. The lowest BCUT2D eigenvalue weighted by atomic mass is 9.94. The van der Waals surface area contributed by atoms with Gasteiger partial charge in [-0.3, -0.25) is 4.79 Å². The Labute approximate surface area is 133 Å². The summed E-state index contributed by atoms with van der Waals surface area (Å²) in [4.78, 5) is 14.2. The van der Waals surface area contributed by atoms with E-state index in [0.717, 1.165) is 24.8 Å². The third-order valence-electron chi connectivity index (χ3n) is 4.32. The predicted molar refractivity (Wildman–Crippen MR) is 89.1 cm³/mol. The van der Waals surface area contributed by atoms with Gasteiger partial charge in [-0.25, -0.2) is 0 Å². The zero-order valence-corrected chi connectivity index (χ0v) is 13.6. The first-order valence-electron chi connectivity index (χ1n) is 8.40. The molecule has 1 aromatic carbocycles. The zero-order valence-electron chi connectivity index (χ0n) is 13.6. The fourth-order valence-corrected chi connectivity index (χ4v) is 2.98. The Morgan fingerprint density at radius 3 is 2.68 bits per heavy atom. The monoisotopic (exact) mass is 304 g/mol. The van der Waals surface area contributed by atoms with E-state index < -0.39 is 0 Å². The van der Waals surface area contributed by atoms with Crippen LogP contribution in [0.4, 0.5) is 0 Å². The van der Waals surface area contributed by atoms with Crippen LogP contribution >= 0.6 is 0 Å². The summed E-state index contributed by atoms with van der Waals surface area (Å²) >= 11 is 0. The predicted octanol–water partition coefficient (Wildman–Crippen LogP) is 2.84. The van der Waals surface area contributed by atoms with Crippen molar-refractivity contribution in [1.29, 1.82) is 0 Å². The van der Waals surface area contributed by atoms with Crippen molar-refractivity contribution < 1.29 is 9.53 Å². The lowest BCUT2D eigenvalue weighted by molar-refractivity contribution is -0.123. The van der Waals surface area contributed by atoms with Gasteiger partial charge in [0.25, 0.3) is 5.91 Å². The second-order valence-corrected chi connectivity index (χ2v) is 6.08. The molecule has 1 amide bonds. The smallest absolute Gasteiger partial charge is 0.257 e.